The molecule has 0 atom stereocenters. The summed E-state index contributed by atoms with van der Waals surface area (Å²) in [6.45, 7) is 0.00998. The van der Waals surface area contributed by atoms with Crippen molar-refractivity contribution in [2.75, 3.05) is 0 Å². The molecule has 1 aromatic carbocycles. The molecule has 0 saturated carbocycles. The average molecular weight is 382 g/mol. The first-order chi connectivity index (χ1) is 10.6. The van der Waals surface area contributed by atoms with Crippen LogP contribution < -0.4 is 0 Å². The van der Waals surface area contributed by atoms with Crippen molar-refractivity contribution in [1.82, 2.24) is 10.1 Å². The lowest BCUT2D eigenvalue weighted by atomic mass is 10.1. The molecule has 2 aromatic heterocycles. The van der Waals surface area contributed by atoms with Crippen molar-refractivity contribution in [1.29, 1.82) is 0 Å². The zero-order valence-electron chi connectivity index (χ0n) is 11.2. The Balaban J connectivity index is 1.64. The Labute approximate surface area is 139 Å². The van der Waals surface area contributed by atoms with E-state index >= 15 is 0 Å². The Bertz CT molecular complexity index is 795. The zero-order chi connectivity index (χ0) is 15.5. The highest BCUT2D eigenvalue weighted by Gasteiger charge is 2.12. The van der Waals surface area contributed by atoms with Crippen molar-refractivity contribution in [3.63, 3.8) is 0 Å². The molecule has 7 heteroatoms. The third-order valence-corrected chi connectivity index (χ3v) is 3.62. The fraction of sp³-hybridized carbons (Fsp3) is 0.0667. The molecule has 0 aliphatic heterocycles. The van der Waals surface area contributed by atoms with Crippen molar-refractivity contribution in [3.8, 4) is 11.3 Å². The van der Waals surface area contributed by atoms with Gasteiger partial charge in [0.2, 0.25) is 0 Å². The summed E-state index contributed by atoms with van der Waals surface area (Å²) >= 11 is 9.09. The lowest BCUT2D eigenvalue weighted by molar-refractivity contribution is 0.0431. The number of esters is 1. The Kier molecular flexibility index (Phi) is 4.31. The number of rotatable bonds is 4. The summed E-state index contributed by atoms with van der Waals surface area (Å²) in [4.78, 5) is 14.6. The number of aromatic amines is 1. The van der Waals surface area contributed by atoms with Crippen molar-refractivity contribution in [2.45, 2.75) is 6.61 Å². The fourth-order valence-corrected chi connectivity index (χ4v) is 2.31. The van der Waals surface area contributed by atoms with Crippen molar-refractivity contribution < 1.29 is 14.1 Å². The average Bonchev–Trinajstić information content (AvgIpc) is 3.15. The molecule has 0 amide bonds. The minimum absolute atomic E-state index is 0.00998. The van der Waals surface area contributed by atoms with Crippen LogP contribution in [-0.2, 0) is 11.3 Å². The van der Waals surface area contributed by atoms with Gasteiger partial charge in [-0.05, 0) is 34.1 Å². The van der Waals surface area contributed by atoms with Gasteiger partial charge in [-0.25, -0.2) is 4.79 Å². The van der Waals surface area contributed by atoms with Gasteiger partial charge in [-0.3, -0.25) is 0 Å². The second-order valence-electron chi connectivity index (χ2n) is 4.49. The Morgan fingerprint density at radius 3 is 2.77 bits per heavy atom. The topological polar surface area (TPSA) is 68.1 Å². The van der Waals surface area contributed by atoms with Crippen LogP contribution in [0.2, 0.25) is 5.02 Å². The molecule has 0 spiro atoms. The first-order valence-corrected chi connectivity index (χ1v) is 7.51. The smallest absolute Gasteiger partial charge is 0.355 e. The number of carbonyl (C=O) groups is 1. The second-order valence-corrected chi connectivity index (χ2v) is 5.85. The molecular weight excluding hydrogens is 372 g/mol. The molecular formula is C15H10BrClN2O3. The van der Waals surface area contributed by atoms with E-state index in [-0.39, 0.29) is 6.61 Å². The summed E-state index contributed by atoms with van der Waals surface area (Å²) in [7, 11) is 0. The number of halogens is 2. The standard InChI is InChI=1S/C15H10BrClN2O3/c16-10-5-14(18-7-10)15(20)21-8-12-6-13(19-22-12)9-1-3-11(17)4-2-9/h1-7,18H,8H2. The van der Waals surface area contributed by atoms with E-state index in [1.54, 1.807) is 30.5 Å². The quantitative estimate of drug-likeness (QED) is 0.678. The number of H-pyrrole nitrogens is 1. The number of carbonyl (C=O) groups excluding carboxylic acids is 1. The van der Waals surface area contributed by atoms with E-state index in [1.165, 1.54) is 0 Å². The van der Waals surface area contributed by atoms with Crippen LogP contribution in [0.25, 0.3) is 11.3 Å². The van der Waals surface area contributed by atoms with E-state index < -0.39 is 5.97 Å². The van der Waals surface area contributed by atoms with Gasteiger partial charge in [-0.1, -0.05) is 28.9 Å². The third kappa shape index (κ3) is 3.40. The molecule has 0 bridgehead atoms. The second kappa shape index (κ2) is 6.37. The third-order valence-electron chi connectivity index (χ3n) is 2.91. The van der Waals surface area contributed by atoms with Crippen LogP contribution in [-0.4, -0.2) is 16.1 Å². The number of hydrogen-bond donors (Lipinski definition) is 1. The molecule has 0 unspecified atom stereocenters. The SMILES string of the molecule is O=C(OCc1cc(-c2ccc(Cl)cc2)no1)c1cc(Br)c[nH]1. The van der Waals surface area contributed by atoms with Gasteiger partial charge in [-0.2, -0.15) is 0 Å². The highest BCUT2D eigenvalue weighted by Crippen LogP contribution is 2.21. The molecule has 0 fully saturated rings. The van der Waals surface area contributed by atoms with Crippen LogP contribution in [0, 0.1) is 0 Å². The summed E-state index contributed by atoms with van der Waals surface area (Å²) in [6, 6.07) is 10.6. The molecule has 3 rings (SSSR count). The van der Waals surface area contributed by atoms with E-state index in [9.17, 15) is 4.79 Å². The van der Waals surface area contributed by atoms with Crippen LogP contribution in [0.1, 0.15) is 16.2 Å². The van der Waals surface area contributed by atoms with Gasteiger partial charge in [-0.15, -0.1) is 0 Å². The van der Waals surface area contributed by atoms with Gasteiger partial charge < -0.3 is 14.2 Å². The minimum atomic E-state index is -0.463. The largest absolute Gasteiger partial charge is 0.453 e. The highest BCUT2D eigenvalue weighted by atomic mass is 79.9. The predicted molar refractivity (Wildman–Crippen MR) is 84.6 cm³/mol. The normalized spacial score (nSPS) is 10.6. The van der Waals surface area contributed by atoms with Crippen LogP contribution in [0.15, 0.2) is 51.6 Å². The number of aromatic nitrogens is 2. The molecule has 22 heavy (non-hydrogen) atoms. The van der Waals surface area contributed by atoms with Crippen LogP contribution >= 0.6 is 27.5 Å². The molecule has 0 aliphatic carbocycles. The molecule has 5 nitrogen and oxygen atoms in total. The number of nitrogens with one attached hydrogen (secondary N) is 1. The number of ether oxygens (including phenoxy) is 1. The van der Waals surface area contributed by atoms with E-state index in [4.69, 9.17) is 20.9 Å². The highest BCUT2D eigenvalue weighted by molar-refractivity contribution is 9.10. The van der Waals surface area contributed by atoms with Crippen molar-refractivity contribution in [3.05, 3.63) is 63.5 Å². The lowest BCUT2D eigenvalue weighted by Crippen LogP contribution is -2.04. The molecule has 0 radical (unpaired) electrons. The van der Waals surface area contributed by atoms with Gasteiger partial charge >= 0.3 is 5.97 Å². The van der Waals surface area contributed by atoms with Gasteiger partial charge in [0.25, 0.3) is 0 Å². The zero-order valence-corrected chi connectivity index (χ0v) is 13.5. The van der Waals surface area contributed by atoms with Gasteiger partial charge in [0.1, 0.15) is 11.4 Å². The molecule has 2 heterocycles. The van der Waals surface area contributed by atoms with Gasteiger partial charge in [0, 0.05) is 27.3 Å². The fourth-order valence-electron chi connectivity index (χ4n) is 1.84. The first kappa shape index (κ1) is 14.9. The van der Waals surface area contributed by atoms with E-state index in [0.717, 1.165) is 10.0 Å². The maximum absolute atomic E-state index is 11.8. The van der Waals surface area contributed by atoms with Crippen LogP contribution in [0.3, 0.4) is 0 Å². The molecule has 0 saturated heterocycles. The van der Waals surface area contributed by atoms with Crippen molar-refractivity contribution in [2.24, 2.45) is 0 Å². The first-order valence-electron chi connectivity index (χ1n) is 6.34. The summed E-state index contributed by atoms with van der Waals surface area (Å²) in [5.74, 6) is -0.000866. The maximum Gasteiger partial charge on any atom is 0.355 e. The predicted octanol–water partition coefficient (Wildman–Crippen LogP) is 4.44. The van der Waals surface area contributed by atoms with Crippen LogP contribution in [0.4, 0.5) is 0 Å². The molecule has 1 N–H and O–H groups in total. The van der Waals surface area contributed by atoms with E-state index in [2.05, 4.69) is 26.1 Å². The summed E-state index contributed by atoms with van der Waals surface area (Å²) in [5.41, 5.74) is 1.90. The Morgan fingerprint density at radius 2 is 2.09 bits per heavy atom. The van der Waals surface area contributed by atoms with Gasteiger partial charge in [0.05, 0.1) is 0 Å². The number of benzene rings is 1. The maximum atomic E-state index is 11.8. The Hall–Kier alpha value is -2.05. The van der Waals surface area contributed by atoms with E-state index in [0.29, 0.717) is 22.2 Å². The summed E-state index contributed by atoms with van der Waals surface area (Å²) in [5, 5.41) is 4.60. The minimum Gasteiger partial charge on any atom is -0.453 e. The van der Waals surface area contributed by atoms with E-state index in [1.807, 2.05) is 12.1 Å². The summed E-state index contributed by atoms with van der Waals surface area (Å²) in [6.07, 6.45) is 1.66. The molecule has 0 aliphatic rings. The molecule has 112 valence electrons. The molecule has 3 aromatic rings. The van der Waals surface area contributed by atoms with Crippen molar-refractivity contribution >= 4 is 33.5 Å². The monoisotopic (exact) mass is 380 g/mol. The number of nitrogens with zero attached hydrogens (tertiary/aromatic N) is 1. The lowest BCUT2D eigenvalue weighted by Gasteiger charge is -1.99. The number of hydrogen-bond acceptors (Lipinski definition) is 4. The Morgan fingerprint density at radius 1 is 1.32 bits per heavy atom. The summed E-state index contributed by atoms with van der Waals surface area (Å²) < 4.78 is 11.1. The van der Waals surface area contributed by atoms with Gasteiger partial charge in [0.15, 0.2) is 12.4 Å². The van der Waals surface area contributed by atoms with Crippen LogP contribution in [0.5, 0.6) is 0 Å².